The molecule has 0 aliphatic heterocycles. The van der Waals surface area contributed by atoms with Crippen LogP contribution in [0.5, 0.6) is 5.75 Å². The molecule has 34 heavy (non-hydrogen) atoms. The van der Waals surface area contributed by atoms with Gasteiger partial charge in [0.2, 0.25) is 0 Å². The molecule has 0 saturated heterocycles. The molecule has 0 aliphatic carbocycles. The molecule has 0 aliphatic rings. The van der Waals surface area contributed by atoms with Gasteiger partial charge in [0, 0.05) is 5.56 Å². The Morgan fingerprint density at radius 2 is 1.56 bits per heavy atom. The summed E-state index contributed by atoms with van der Waals surface area (Å²) in [5, 5.41) is 0. The monoisotopic (exact) mass is 468 g/mol. The van der Waals surface area contributed by atoms with E-state index < -0.39 is 0 Å². The van der Waals surface area contributed by atoms with Crippen molar-refractivity contribution < 1.29 is 18.8 Å². The molecule has 188 valence electrons. The molecule has 0 aromatic heterocycles. The molecule has 4 heteroatoms. The van der Waals surface area contributed by atoms with E-state index in [0.29, 0.717) is 0 Å². The van der Waals surface area contributed by atoms with Crippen molar-refractivity contribution >= 4 is 5.97 Å². The van der Waals surface area contributed by atoms with Gasteiger partial charge in [0.05, 0.1) is 20.6 Å². The van der Waals surface area contributed by atoms with Crippen molar-refractivity contribution in [3.05, 3.63) is 65.7 Å². The molecule has 4 nitrogen and oxygen atoms in total. The highest BCUT2D eigenvalue weighted by Crippen LogP contribution is 2.18. The molecule has 2 aromatic rings. The van der Waals surface area contributed by atoms with E-state index >= 15 is 0 Å². The van der Waals surface area contributed by atoms with E-state index in [2.05, 4.69) is 63.5 Å². The third-order valence-corrected chi connectivity index (χ3v) is 6.14. The quantitative estimate of drug-likeness (QED) is 0.154. The minimum atomic E-state index is -0.188. The molecule has 0 spiro atoms. The van der Waals surface area contributed by atoms with Crippen LogP contribution in [-0.4, -0.2) is 43.8 Å². The minimum absolute atomic E-state index is 0.161. The zero-order valence-corrected chi connectivity index (χ0v) is 22.1. The van der Waals surface area contributed by atoms with Gasteiger partial charge in [-0.1, -0.05) is 81.5 Å². The van der Waals surface area contributed by atoms with Crippen LogP contribution in [0.4, 0.5) is 0 Å². The van der Waals surface area contributed by atoms with E-state index in [1.54, 1.807) is 0 Å². The van der Waals surface area contributed by atoms with Gasteiger partial charge in [-0.05, 0) is 44.4 Å². The number of aryl methyl sites for hydroxylation is 1. The summed E-state index contributed by atoms with van der Waals surface area (Å²) in [5.74, 6) is 0.513. The third kappa shape index (κ3) is 11.2. The molecule has 2 aromatic carbocycles. The number of quaternary nitrogens is 1. The van der Waals surface area contributed by atoms with E-state index in [9.17, 15) is 4.79 Å². The van der Waals surface area contributed by atoms with Gasteiger partial charge in [-0.25, -0.2) is 0 Å². The van der Waals surface area contributed by atoms with Gasteiger partial charge >= 0.3 is 5.97 Å². The molecular weight excluding hydrogens is 422 g/mol. The van der Waals surface area contributed by atoms with Gasteiger partial charge in [0.25, 0.3) is 0 Å². The maximum atomic E-state index is 12.6. The summed E-state index contributed by atoms with van der Waals surface area (Å²) in [4.78, 5) is 12.6. The van der Waals surface area contributed by atoms with Crippen LogP contribution in [0.3, 0.4) is 0 Å². The van der Waals surface area contributed by atoms with Crippen molar-refractivity contribution in [3.8, 4) is 5.75 Å². The molecule has 2 atom stereocenters. The fourth-order valence-corrected chi connectivity index (χ4v) is 4.45. The second kappa shape index (κ2) is 14.8. The Bertz CT molecular complexity index is 834. The van der Waals surface area contributed by atoms with Crippen LogP contribution in [0.1, 0.15) is 70.4 Å². The van der Waals surface area contributed by atoms with Crippen LogP contribution in [0.15, 0.2) is 54.6 Å². The predicted octanol–water partition coefficient (Wildman–Crippen LogP) is 6.81. The Morgan fingerprint density at radius 1 is 0.882 bits per heavy atom. The molecule has 0 N–H and O–H groups in total. The van der Waals surface area contributed by atoms with Crippen molar-refractivity contribution in [2.24, 2.45) is 5.92 Å². The maximum absolute atomic E-state index is 12.6. The predicted molar refractivity (Wildman–Crippen MR) is 141 cm³/mol. The lowest BCUT2D eigenvalue weighted by Crippen LogP contribution is -2.44. The summed E-state index contributed by atoms with van der Waals surface area (Å²) in [6, 6.07) is 18.7. The Kier molecular flexibility index (Phi) is 12.2. The first-order valence-electron chi connectivity index (χ1n) is 13.1. The fraction of sp³-hybridized carbons (Fsp3) is 0.567. The number of unbranched alkanes of at least 4 members (excludes halogenated alkanes) is 5. The topological polar surface area (TPSA) is 35.5 Å². The zero-order chi connectivity index (χ0) is 24.8. The number of ether oxygens (including phenoxy) is 2. The standard InChI is InChI=1S/C30H46NO3/c1-6-7-8-9-10-12-16-27-19-15-20-29(21-27)34-26(3)24-33-30(32)25(2)22-31(4,5)23-28-17-13-11-14-18-28/h11,13-15,17-21,25-26H,6-10,12,16,22-24H2,1-5H3/q+1. The highest BCUT2D eigenvalue weighted by molar-refractivity contribution is 5.72. The number of hydrogen-bond donors (Lipinski definition) is 0. The number of benzene rings is 2. The van der Waals surface area contributed by atoms with Crippen molar-refractivity contribution in [1.82, 2.24) is 0 Å². The SMILES string of the molecule is CCCCCCCCc1cccc(OC(C)COC(=O)C(C)C[N+](C)(C)Cc2ccccc2)c1. The highest BCUT2D eigenvalue weighted by Gasteiger charge is 2.26. The number of carbonyl (C=O) groups excluding carboxylic acids is 1. The second-order valence-electron chi connectivity index (χ2n) is 10.4. The van der Waals surface area contributed by atoms with Gasteiger partial charge in [0.15, 0.2) is 0 Å². The molecule has 0 radical (unpaired) electrons. The summed E-state index contributed by atoms with van der Waals surface area (Å²) in [5.41, 5.74) is 2.58. The lowest BCUT2D eigenvalue weighted by atomic mass is 10.0. The summed E-state index contributed by atoms with van der Waals surface area (Å²) >= 11 is 0. The van der Waals surface area contributed by atoms with Crippen LogP contribution in [-0.2, 0) is 22.5 Å². The molecule has 0 amide bonds. The van der Waals surface area contributed by atoms with Gasteiger partial charge in [-0.15, -0.1) is 0 Å². The Labute approximate surface area is 207 Å². The van der Waals surface area contributed by atoms with Crippen molar-refractivity contribution in [1.29, 1.82) is 0 Å². The fourth-order valence-electron chi connectivity index (χ4n) is 4.45. The number of carbonyl (C=O) groups is 1. The van der Waals surface area contributed by atoms with Gasteiger partial charge in [-0.3, -0.25) is 4.79 Å². The Morgan fingerprint density at radius 3 is 2.29 bits per heavy atom. The van der Waals surface area contributed by atoms with E-state index in [1.165, 1.54) is 49.7 Å². The maximum Gasteiger partial charge on any atom is 0.314 e. The minimum Gasteiger partial charge on any atom is -0.487 e. The van der Waals surface area contributed by atoms with Crippen LogP contribution in [0.2, 0.25) is 0 Å². The Hall–Kier alpha value is -2.33. The highest BCUT2D eigenvalue weighted by atomic mass is 16.6. The molecule has 2 unspecified atom stereocenters. The molecule has 2 rings (SSSR count). The average Bonchev–Trinajstić information content (AvgIpc) is 2.80. The Balaban J connectivity index is 1.72. The molecule has 0 bridgehead atoms. The van der Waals surface area contributed by atoms with E-state index in [1.807, 2.05) is 26.0 Å². The van der Waals surface area contributed by atoms with E-state index in [0.717, 1.165) is 29.7 Å². The van der Waals surface area contributed by atoms with Gasteiger partial charge in [0.1, 0.15) is 30.9 Å². The zero-order valence-electron chi connectivity index (χ0n) is 22.1. The lowest BCUT2D eigenvalue weighted by molar-refractivity contribution is -0.905. The average molecular weight is 469 g/mol. The molecule has 0 saturated carbocycles. The van der Waals surface area contributed by atoms with E-state index in [4.69, 9.17) is 9.47 Å². The van der Waals surface area contributed by atoms with Crippen LogP contribution in [0.25, 0.3) is 0 Å². The third-order valence-electron chi connectivity index (χ3n) is 6.14. The van der Waals surface area contributed by atoms with Crippen LogP contribution < -0.4 is 4.74 Å². The lowest BCUT2D eigenvalue weighted by Gasteiger charge is -2.32. The first-order valence-corrected chi connectivity index (χ1v) is 13.1. The van der Waals surface area contributed by atoms with Gasteiger partial charge in [-0.2, -0.15) is 0 Å². The molecule has 0 heterocycles. The van der Waals surface area contributed by atoms with E-state index in [-0.39, 0.29) is 24.6 Å². The number of hydrogen-bond acceptors (Lipinski definition) is 3. The summed E-state index contributed by atoms with van der Waals surface area (Å²) < 4.78 is 12.4. The largest absolute Gasteiger partial charge is 0.487 e. The van der Waals surface area contributed by atoms with Crippen LogP contribution >= 0.6 is 0 Å². The number of nitrogens with zero attached hydrogens (tertiary/aromatic N) is 1. The number of esters is 1. The van der Waals surface area contributed by atoms with Gasteiger partial charge < -0.3 is 14.0 Å². The smallest absolute Gasteiger partial charge is 0.314 e. The first kappa shape index (κ1) is 27.9. The van der Waals surface area contributed by atoms with Crippen molar-refractivity contribution in [2.45, 2.75) is 78.4 Å². The number of rotatable bonds is 16. The summed E-state index contributed by atoms with van der Waals surface area (Å²) in [6.07, 6.45) is 8.71. The van der Waals surface area contributed by atoms with Crippen molar-refractivity contribution in [2.75, 3.05) is 27.2 Å². The molecule has 0 fully saturated rings. The first-order chi connectivity index (χ1) is 16.3. The van der Waals surface area contributed by atoms with Crippen LogP contribution in [0, 0.1) is 5.92 Å². The summed E-state index contributed by atoms with van der Waals surface area (Å²) in [7, 11) is 4.31. The summed E-state index contributed by atoms with van der Waals surface area (Å²) in [6.45, 7) is 8.02. The second-order valence-corrected chi connectivity index (χ2v) is 10.4. The molecular formula is C30H46NO3+. The normalized spacial score (nSPS) is 13.3. The van der Waals surface area contributed by atoms with Crippen molar-refractivity contribution in [3.63, 3.8) is 0 Å².